The summed E-state index contributed by atoms with van der Waals surface area (Å²) in [6, 6.07) is 9.36. The largest absolute Gasteiger partial charge is 0.464 e. The fraction of sp³-hybridized carbons (Fsp3) is 0.333. The van der Waals surface area contributed by atoms with Gasteiger partial charge in [-0.2, -0.15) is 0 Å². The van der Waals surface area contributed by atoms with Crippen molar-refractivity contribution in [2.75, 3.05) is 0 Å². The minimum absolute atomic E-state index is 0.0834. The molecule has 0 saturated heterocycles. The number of amides is 1. The number of aryl methyl sites for hydroxylation is 2. The molecule has 0 radical (unpaired) electrons. The molecule has 2 heterocycles. The minimum atomic E-state index is -0.407. The van der Waals surface area contributed by atoms with Crippen LogP contribution < -0.4 is 10.9 Å². The zero-order valence-corrected chi connectivity index (χ0v) is 20.4. The zero-order valence-electron chi connectivity index (χ0n) is 19.6. The quantitative estimate of drug-likeness (QED) is 0.348. The first-order chi connectivity index (χ1) is 15.6. The van der Waals surface area contributed by atoms with E-state index in [-0.39, 0.29) is 17.7 Å². The first kappa shape index (κ1) is 23.1. The molecule has 172 valence electrons. The van der Waals surface area contributed by atoms with Crippen LogP contribution in [0.4, 0.5) is 0 Å². The average molecular weight is 466 g/mol. The van der Waals surface area contributed by atoms with E-state index in [1.54, 1.807) is 18.4 Å². The van der Waals surface area contributed by atoms with Crippen LogP contribution in [-0.2, 0) is 23.2 Å². The Morgan fingerprint density at radius 1 is 1.03 bits per heavy atom. The molecule has 0 aliphatic rings. The Morgan fingerprint density at radius 2 is 1.73 bits per heavy atom. The second kappa shape index (κ2) is 8.71. The van der Waals surface area contributed by atoms with Crippen molar-refractivity contribution in [2.45, 2.75) is 59.4 Å². The summed E-state index contributed by atoms with van der Waals surface area (Å²) in [7, 11) is 0. The molecule has 1 N–H and O–H groups in total. The molecule has 6 heteroatoms. The van der Waals surface area contributed by atoms with Crippen LogP contribution in [0.2, 0.25) is 5.02 Å². The monoisotopic (exact) mass is 465 g/mol. The summed E-state index contributed by atoms with van der Waals surface area (Å²) >= 11 is 5.90. The predicted octanol–water partition coefficient (Wildman–Crippen LogP) is 6.36. The molecule has 0 atom stereocenters. The van der Waals surface area contributed by atoms with Crippen molar-refractivity contribution in [1.82, 2.24) is 5.32 Å². The summed E-state index contributed by atoms with van der Waals surface area (Å²) in [4.78, 5) is 25.2. The standard InChI is InChI=1S/C27H28ClNO4/c1-15-19(10-11-23(30)29-13-17-6-8-18(28)9-7-17)26(31)33-25-16(2)24-21(12-20(15)25)22(14-32-24)27(3,4)5/h6-9,12,14H,10-11,13H2,1-5H3,(H,29,30). The number of rotatable bonds is 5. The Balaban J connectivity index is 1.61. The maximum atomic E-state index is 12.8. The van der Waals surface area contributed by atoms with Crippen LogP contribution in [0.25, 0.3) is 21.9 Å². The van der Waals surface area contributed by atoms with E-state index in [0.717, 1.165) is 38.6 Å². The number of carbonyl (C=O) groups excluding carboxylic acids is 1. The predicted molar refractivity (Wildman–Crippen MR) is 132 cm³/mol. The topological polar surface area (TPSA) is 72.5 Å². The van der Waals surface area contributed by atoms with Crippen molar-refractivity contribution in [1.29, 1.82) is 0 Å². The molecule has 0 aliphatic carbocycles. The molecule has 2 aromatic heterocycles. The Bertz CT molecular complexity index is 1410. The Hall–Kier alpha value is -3.05. The molecule has 4 rings (SSSR count). The molecule has 4 aromatic rings. The van der Waals surface area contributed by atoms with Gasteiger partial charge in [-0.15, -0.1) is 0 Å². The van der Waals surface area contributed by atoms with Crippen molar-refractivity contribution in [3.63, 3.8) is 0 Å². The molecule has 0 unspecified atom stereocenters. The molecule has 1 amide bonds. The molecule has 0 spiro atoms. The van der Waals surface area contributed by atoms with Gasteiger partial charge in [-0.1, -0.05) is 44.5 Å². The van der Waals surface area contributed by atoms with Crippen LogP contribution in [-0.4, -0.2) is 5.91 Å². The van der Waals surface area contributed by atoms with Crippen LogP contribution >= 0.6 is 11.6 Å². The first-order valence-corrected chi connectivity index (χ1v) is 11.4. The van der Waals surface area contributed by atoms with Gasteiger partial charge in [0, 0.05) is 45.5 Å². The Kier molecular flexibility index (Phi) is 6.10. The second-order valence-electron chi connectivity index (χ2n) is 9.55. The summed E-state index contributed by atoms with van der Waals surface area (Å²) in [5.41, 5.74) is 5.04. The molecule has 5 nitrogen and oxygen atoms in total. The summed E-state index contributed by atoms with van der Waals surface area (Å²) in [6.07, 6.45) is 2.30. The van der Waals surface area contributed by atoms with E-state index in [4.69, 9.17) is 20.4 Å². The second-order valence-corrected chi connectivity index (χ2v) is 9.99. The highest BCUT2D eigenvalue weighted by Gasteiger charge is 2.23. The van der Waals surface area contributed by atoms with Crippen LogP contribution in [0.5, 0.6) is 0 Å². The molecular weight excluding hydrogens is 438 g/mol. The summed E-state index contributed by atoms with van der Waals surface area (Å²) < 4.78 is 11.6. The van der Waals surface area contributed by atoms with Crippen molar-refractivity contribution in [3.8, 4) is 0 Å². The van der Waals surface area contributed by atoms with Crippen LogP contribution in [0.15, 0.2) is 50.2 Å². The Morgan fingerprint density at radius 3 is 2.39 bits per heavy atom. The van der Waals surface area contributed by atoms with Crippen molar-refractivity contribution in [3.05, 3.63) is 79.9 Å². The van der Waals surface area contributed by atoms with Crippen molar-refractivity contribution in [2.24, 2.45) is 0 Å². The van der Waals surface area contributed by atoms with Gasteiger partial charge in [0.1, 0.15) is 11.2 Å². The van der Waals surface area contributed by atoms with E-state index in [1.807, 2.05) is 32.0 Å². The summed E-state index contributed by atoms with van der Waals surface area (Å²) in [5.74, 6) is -0.125. The molecular formula is C27H28ClNO4. The van der Waals surface area contributed by atoms with Crippen LogP contribution in [0.1, 0.15) is 55.0 Å². The van der Waals surface area contributed by atoms with E-state index in [1.165, 1.54) is 0 Å². The van der Waals surface area contributed by atoms with E-state index in [9.17, 15) is 9.59 Å². The summed E-state index contributed by atoms with van der Waals surface area (Å²) in [5, 5.41) is 5.45. The Labute approximate surface area is 197 Å². The lowest BCUT2D eigenvalue weighted by molar-refractivity contribution is -0.121. The van der Waals surface area contributed by atoms with Gasteiger partial charge in [0.05, 0.1) is 6.26 Å². The normalized spacial score (nSPS) is 11.9. The van der Waals surface area contributed by atoms with Gasteiger partial charge in [-0.25, -0.2) is 4.79 Å². The van der Waals surface area contributed by atoms with Gasteiger partial charge in [0.25, 0.3) is 0 Å². The molecule has 0 fully saturated rings. The van der Waals surface area contributed by atoms with Crippen LogP contribution in [0.3, 0.4) is 0 Å². The number of hydrogen-bond acceptors (Lipinski definition) is 4. The van der Waals surface area contributed by atoms with Crippen LogP contribution in [0, 0.1) is 13.8 Å². The van der Waals surface area contributed by atoms with E-state index in [0.29, 0.717) is 29.1 Å². The van der Waals surface area contributed by atoms with E-state index >= 15 is 0 Å². The average Bonchev–Trinajstić information content (AvgIpc) is 3.19. The number of nitrogens with one attached hydrogen (secondary N) is 1. The number of halogens is 1. The van der Waals surface area contributed by atoms with Crippen molar-refractivity contribution >= 4 is 39.4 Å². The SMILES string of the molecule is Cc1c(CCC(=O)NCc2ccc(Cl)cc2)c(=O)oc2c(C)c3occ(C(C)(C)C)c3cc12. The van der Waals surface area contributed by atoms with Gasteiger partial charge in [-0.05, 0) is 55.0 Å². The van der Waals surface area contributed by atoms with Gasteiger partial charge >= 0.3 is 5.63 Å². The highest BCUT2D eigenvalue weighted by atomic mass is 35.5. The van der Waals surface area contributed by atoms with Gasteiger partial charge in [0.15, 0.2) is 0 Å². The van der Waals surface area contributed by atoms with Gasteiger partial charge in [-0.3, -0.25) is 4.79 Å². The van der Waals surface area contributed by atoms with E-state index in [2.05, 4.69) is 26.1 Å². The zero-order chi connectivity index (χ0) is 23.9. The highest BCUT2D eigenvalue weighted by Crippen LogP contribution is 2.37. The maximum Gasteiger partial charge on any atom is 0.339 e. The fourth-order valence-electron chi connectivity index (χ4n) is 4.20. The third-order valence-corrected chi connectivity index (χ3v) is 6.41. The molecule has 0 aliphatic heterocycles. The lowest BCUT2D eigenvalue weighted by atomic mass is 9.86. The van der Waals surface area contributed by atoms with Gasteiger partial charge < -0.3 is 14.2 Å². The maximum absolute atomic E-state index is 12.8. The lowest BCUT2D eigenvalue weighted by Crippen LogP contribution is -2.24. The number of benzene rings is 2. The van der Waals surface area contributed by atoms with Crippen molar-refractivity contribution < 1.29 is 13.6 Å². The number of hydrogen-bond donors (Lipinski definition) is 1. The summed E-state index contributed by atoms with van der Waals surface area (Å²) in [6.45, 7) is 10.7. The fourth-order valence-corrected chi connectivity index (χ4v) is 4.32. The number of fused-ring (bicyclic) bond motifs is 2. The lowest BCUT2D eigenvalue weighted by Gasteiger charge is -2.17. The first-order valence-electron chi connectivity index (χ1n) is 11.0. The van der Waals surface area contributed by atoms with Gasteiger partial charge in [0.2, 0.25) is 5.91 Å². The number of carbonyl (C=O) groups is 1. The molecule has 0 bridgehead atoms. The third kappa shape index (κ3) is 4.55. The highest BCUT2D eigenvalue weighted by molar-refractivity contribution is 6.30. The molecule has 33 heavy (non-hydrogen) atoms. The smallest absolute Gasteiger partial charge is 0.339 e. The third-order valence-electron chi connectivity index (χ3n) is 6.15. The number of furan rings is 1. The molecule has 0 saturated carbocycles. The molecule has 2 aromatic carbocycles. The minimum Gasteiger partial charge on any atom is -0.464 e. The van der Waals surface area contributed by atoms with E-state index < -0.39 is 5.63 Å².